The summed E-state index contributed by atoms with van der Waals surface area (Å²) in [6.07, 6.45) is -7.09. The molecule has 1 N–H and O–H groups in total. The van der Waals surface area contributed by atoms with Gasteiger partial charge in [0, 0.05) is 18.3 Å². The first-order valence-electron chi connectivity index (χ1n) is 12.0. The number of fused-ring (bicyclic) bond motifs is 1. The summed E-state index contributed by atoms with van der Waals surface area (Å²) in [7, 11) is 0. The molecule has 12 heteroatoms. The van der Waals surface area contributed by atoms with Crippen LogP contribution in [0.15, 0.2) is 36.4 Å². The minimum Gasteiger partial charge on any atom is -0.406 e. The Morgan fingerprint density at radius 2 is 1.71 bits per heavy atom. The van der Waals surface area contributed by atoms with E-state index in [1.807, 2.05) is 0 Å². The Morgan fingerprint density at radius 3 is 2.32 bits per heavy atom. The van der Waals surface area contributed by atoms with Crippen LogP contribution >= 0.6 is 11.6 Å². The van der Waals surface area contributed by atoms with Gasteiger partial charge in [0.1, 0.15) is 5.75 Å². The molecule has 2 amide bonds. The van der Waals surface area contributed by atoms with E-state index in [1.165, 1.54) is 18.2 Å². The number of hydrogen-bond donors (Lipinski definition) is 1. The molecule has 1 aliphatic carbocycles. The molecule has 1 aliphatic heterocycles. The maximum Gasteiger partial charge on any atom is 0.573 e. The molecule has 0 unspecified atom stereocenters. The molecule has 0 saturated heterocycles. The minimum absolute atomic E-state index is 0.0668. The van der Waals surface area contributed by atoms with Crippen molar-refractivity contribution in [3.05, 3.63) is 58.1 Å². The minimum atomic E-state index is -4.85. The van der Waals surface area contributed by atoms with Crippen LogP contribution in [0.4, 0.5) is 32.0 Å². The monoisotopic (exact) mass is 562 g/mol. The Morgan fingerprint density at radius 1 is 1.05 bits per heavy atom. The first kappa shape index (κ1) is 28.1. The summed E-state index contributed by atoms with van der Waals surface area (Å²) in [6.45, 7) is 3.66. The second kappa shape index (κ2) is 9.98. The van der Waals surface area contributed by atoms with Crippen molar-refractivity contribution in [1.82, 2.24) is 5.32 Å². The lowest BCUT2D eigenvalue weighted by Gasteiger charge is -2.32. The molecule has 2 aliphatic rings. The fourth-order valence-electron chi connectivity index (χ4n) is 5.08. The van der Waals surface area contributed by atoms with Gasteiger partial charge in [0.05, 0.1) is 21.6 Å². The van der Waals surface area contributed by atoms with Crippen LogP contribution in [0.2, 0.25) is 5.02 Å². The lowest BCUT2D eigenvalue weighted by atomic mass is 9.85. The van der Waals surface area contributed by atoms with Crippen LogP contribution in [0.3, 0.4) is 0 Å². The molecule has 0 radical (unpaired) electrons. The van der Waals surface area contributed by atoms with Crippen LogP contribution in [0.25, 0.3) is 0 Å². The van der Waals surface area contributed by atoms with Crippen molar-refractivity contribution in [1.29, 1.82) is 0 Å². The third kappa shape index (κ3) is 5.87. The van der Waals surface area contributed by atoms with Gasteiger partial charge in [-0.15, -0.1) is 13.2 Å². The van der Waals surface area contributed by atoms with Crippen LogP contribution in [-0.2, 0) is 16.4 Å². The summed E-state index contributed by atoms with van der Waals surface area (Å²) in [5, 5.41) is 2.67. The maximum absolute atomic E-state index is 13.2. The number of nitrogens with one attached hydrogen (secondary N) is 1. The molecule has 1 saturated carbocycles. The Labute approximate surface area is 220 Å². The number of halogens is 7. The number of alkyl halides is 6. The molecule has 0 bridgehead atoms. The number of hydrogen-bond acceptors (Lipinski definition) is 3. The zero-order valence-corrected chi connectivity index (χ0v) is 21.2. The standard InChI is InChI=1S/C26H25ClF6N2O3/c1-24(2)19-12-17(38-26(31,32)33)8-10-21(19)35(23(24)37)13-14-3-6-16(7-4-14)34-22(36)18-11-15(25(28,29)30)5-9-20(18)27/h5,8-12,14,16H,3-4,6-7,13H2,1-2H3,(H,34,36)/t14-,16-. The van der Waals surface area contributed by atoms with Crippen LogP contribution < -0.4 is 15.0 Å². The largest absolute Gasteiger partial charge is 0.573 e. The predicted octanol–water partition coefficient (Wildman–Crippen LogP) is 6.87. The third-order valence-corrected chi connectivity index (χ3v) is 7.44. The Hall–Kier alpha value is -2.95. The number of ether oxygens (including phenoxy) is 1. The van der Waals surface area contributed by atoms with Gasteiger partial charge >= 0.3 is 12.5 Å². The maximum atomic E-state index is 13.2. The van der Waals surface area contributed by atoms with E-state index in [9.17, 15) is 35.9 Å². The van der Waals surface area contributed by atoms with Crippen LogP contribution in [0.5, 0.6) is 5.75 Å². The van der Waals surface area contributed by atoms with E-state index >= 15 is 0 Å². The highest BCUT2D eigenvalue weighted by molar-refractivity contribution is 6.33. The molecule has 1 fully saturated rings. The zero-order valence-electron chi connectivity index (χ0n) is 20.5. The highest BCUT2D eigenvalue weighted by Crippen LogP contribution is 2.45. The number of rotatable bonds is 5. The van der Waals surface area contributed by atoms with E-state index in [2.05, 4.69) is 10.1 Å². The van der Waals surface area contributed by atoms with Crippen LogP contribution in [-0.4, -0.2) is 30.8 Å². The fourth-order valence-corrected chi connectivity index (χ4v) is 5.28. The topological polar surface area (TPSA) is 58.6 Å². The molecule has 2 aromatic rings. The average Bonchev–Trinajstić information content (AvgIpc) is 2.99. The van der Waals surface area contributed by atoms with Gasteiger partial charge in [0.25, 0.3) is 5.91 Å². The van der Waals surface area contributed by atoms with Crippen LogP contribution in [0, 0.1) is 5.92 Å². The number of amides is 2. The highest BCUT2D eigenvalue weighted by Gasteiger charge is 2.45. The van der Waals surface area contributed by atoms with Crippen molar-refractivity contribution in [3.63, 3.8) is 0 Å². The van der Waals surface area contributed by atoms with E-state index in [4.69, 9.17) is 11.6 Å². The molecule has 206 valence electrons. The SMILES string of the molecule is CC1(C)C(=O)N(C[C@H]2CC[C@H](NC(=O)c3cc(C(F)(F)F)ccc3Cl)CC2)c2ccc(OC(F)(F)F)cc21. The van der Waals surface area contributed by atoms with Gasteiger partial charge in [0.2, 0.25) is 5.91 Å². The quantitative estimate of drug-likeness (QED) is 0.405. The summed E-state index contributed by atoms with van der Waals surface area (Å²) in [6, 6.07) is 6.18. The molecule has 5 nitrogen and oxygen atoms in total. The predicted molar refractivity (Wildman–Crippen MR) is 128 cm³/mol. The fraction of sp³-hybridized carbons (Fsp3) is 0.462. The first-order chi connectivity index (χ1) is 17.6. The summed E-state index contributed by atoms with van der Waals surface area (Å²) in [5.74, 6) is -1.24. The summed E-state index contributed by atoms with van der Waals surface area (Å²) in [5.41, 5.74) is -1.27. The van der Waals surface area contributed by atoms with Crippen molar-refractivity contribution in [2.75, 3.05) is 11.4 Å². The molecule has 4 rings (SSSR count). The number of anilines is 1. The van der Waals surface area contributed by atoms with Gasteiger partial charge in [0.15, 0.2) is 0 Å². The van der Waals surface area contributed by atoms with E-state index in [-0.39, 0.29) is 28.5 Å². The molecular formula is C26H25ClF6N2O3. The first-order valence-corrected chi connectivity index (χ1v) is 12.3. The Balaban J connectivity index is 1.39. The number of benzene rings is 2. The van der Waals surface area contributed by atoms with E-state index < -0.39 is 35.2 Å². The molecule has 2 aromatic carbocycles. The second-order valence-corrected chi connectivity index (χ2v) is 10.6. The summed E-state index contributed by atoms with van der Waals surface area (Å²) < 4.78 is 81.1. The molecule has 38 heavy (non-hydrogen) atoms. The van der Waals surface area contributed by atoms with Gasteiger partial charge in [-0.2, -0.15) is 13.2 Å². The normalized spacial score (nSPS) is 21.3. The van der Waals surface area contributed by atoms with Crippen molar-refractivity contribution in [3.8, 4) is 5.75 Å². The average molecular weight is 563 g/mol. The lowest BCUT2D eigenvalue weighted by Crippen LogP contribution is -2.42. The molecular weight excluding hydrogens is 538 g/mol. The number of carbonyl (C=O) groups is 2. The van der Waals surface area contributed by atoms with Crippen molar-refractivity contribution < 1.29 is 40.7 Å². The molecule has 0 aromatic heterocycles. The third-order valence-electron chi connectivity index (χ3n) is 7.11. The van der Waals surface area contributed by atoms with Gasteiger partial charge in [-0.1, -0.05) is 11.6 Å². The van der Waals surface area contributed by atoms with E-state index in [1.54, 1.807) is 18.7 Å². The highest BCUT2D eigenvalue weighted by atomic mass is 35.5. The Bertz CT molecular complexity index is 1240. The van der Waals surface area contributed by atoms with E-state index in [0.717, 1.165) is 18.2 Å². The summed E-state index contributed by atoms with van der Waals surface area (Å²) in [4.78, 5) is 27.4. The van der Waals surface area contributed by atoms with Gasteiger partial charge in [-0.05, 0) is 87.4 Å². The summed E-state index contributed by atoms with van der Waals surface area (Å²) >= 11 is 5.97. The molecule has 0 spiro atoms. The van der Waals surface area contributed by atoms with Crippen molar-refractivity contribution in [2.45, 2.75) is 63.5 Å². The van der Waals surface area contributed by atoms with Crippen LogP contribution in [0.1, 0.15) is 61.0 Å². The van der Waals surface area contributed by atoms with Gasteiger partial charge in [-0.3, -0.25) is 9.59 Å². The molecule has 0 atom stereocenters. The van der Waals surface area contributed by atoms with E-state index in [0.29, 0.717) is 43.5 Å². The van der Waals surface area contributed by atoms with Crippen molar-refractivity contribution in [2.24, 2.45) is 5.92 Å². The zero-order chi connectivity index (χ0) is 28.0. The Kier molecular flexibility index (Phi) is 7.37. The number of carbonyl (C=O) groups excluding carboxylic acids is 2. The number of nitrogens with zero attached hydrogens (tertiary/aromatic N) is 1. The second-order valence-electron chi connectivity index (χ2n) is 10.2. The molecule has 1 heterocycles. The lowest BCUT2D eigenvalue weighted by molar-refractivity contribution is -0.274. The van der Waals surface area contributed by atoms with Crippen molar-refractivity contribution >= 4 is 29.1 Å². The smallest absolute Gasteiger partial charge is 0.406 e. The van der Waals surface area contributed by atoms with Gasteiger partial charge in [-0.25, -0.2) is 0 Å². The van der Waals surface area contributed by atoms with Gasteiger partial charge < -0.3 is 15.0 Å².